The van der Waals surface area contributed by atoms with Gasteiger partial charge in [-0.25, -0.2) is 0 Å². The molecule has 11 heteroatoms. The molecule has 0 aliphatic rings. The SMILES string of the molecule is CC(CN(CC(=O)[O-])CC(=O)[O-])N(CC(=O)[O-])CC(=O)[O-].[Fe+4]. The first-order valence-corrected chi connectivity index (χ1v) is 5.87. The summed E-state index contributed by atoms with van der Waals surface area (Å²) in [6, 6.07) is -0.778. The smallest absolute Gasteiger partial charge is 0.549 e. The minimum Gasteiger partial charge on any atom is -0.549 e. The number of carbonyl (C=O) groups excluding carboxylic acids is 4. The summed E-state index contributed by atoms with van der Waals surface area (Å²) >= 11 is 0. The molecule has 124 valence electrons. The number of carboxylic acids is 4. The normalized spacial score (nSPS) is 11.8. The Kier molecular flexibility index (Phi) is 11.3. The number of hydrogen-bond acceptors (Lipinski definition) is 10. The van der Waals surface area contributed by atoms with Crippen LogP contribution in [0.5, 0.6) is 0 Å². The molecule has 0 aliphatic carbocycles. The monoisotopic (exact) mass is 358 g/mol. The Morgan fingerprint density at radius 2 is 1.09 bits per heavy atom. The van der Waals surface area contributed by atoms with Gasteiger partial charge >= 0.3 is 17.1 Å². The van der Waals surface area contributed by atoms with Crippen LogP contribution in [0.2, 0.25) is 0 Å². The Bertz CT molecular complexity index is 385. The molecule has 10 nitrogen and oxygen atoms in total. The summed E-state index contributed by atoms with van der Waals surface area (Å²) < 4.78 is 0. The molecule has 0 N–H and O–H groups in total. The van der Waals surface area contributed by atoms with Crippen molar-refractivity contribution in [1.82, 2.24) is 9.80 Å². The zero-order valence-corrected chi connectivity index (χ0v) is 12.7. The van der Waals surface area contributed by atoms with E-state index >= 15 is 0 Å². The van der Waals surface area contributed by atoms with E-state index in [1.165, 1.54) is 6.92 Å². The number of hydrogen-bond donors (Lipinski definition) is 0. The molecule has 0 aromatic heterocycles. The van der Waals surface area contributed by atoms with Crippen molar-refractivity contribution in [2.75, 3.05) is 32.7 Å². The average Bonchev–Trinajstić information content (AvgIpc) is 2.24. The van der Waals surface area contributed by atoms with Crippen molar-refractivity contribution in [2.24, 2.45) is 0 Å². The van der Waals surface area contributed by atoms with Crippen LogP contribution in [-0.2, 0) is 36.2 Å². The number of carboxylic acid groups (broad SMARTS) is 4. The van der Waals surface area contributed by atoms with E-state index in [-0.39, 0.29) is 23.6 Å². The third kappa shape index (κ3) is 11.0. The second kappa shape index (κ2) is 11.0. The number of aliphatic carboxylic acids is 4. The fraction of sp³-hybridized carbons (Fsp3) is 0.636. The molecular weight excluding hydrogens is 344 g/mol. The molecule has 0 saturated heterocycles. The van der Waals surface area contributed by atoms with Crippen molar-refractivity contribution < 1.29 is 56.7 Å². The van der Waals surface area contributed by atoms with Gasteiger partial charge in [-0.15, -0.1) is 0 Å². The van der Waals surface area contributed by atoms with Crippen LogP contribution in [0.3, 0.4) is 0 Å². The fourth-order valence-corrected chi connectivity index (χ4v) is 1.74. The van der Waals surface area contributed by atoms with Gasteiger partial charge in [0.2, 0.25) is 0 Å². The first-order valence-electron chi connectivity index (χ1n) is 5.87. The van der Waals surface area contributed by atoms with Crippen molar-refractivity contribution >= 4 is 23.9 Å². The van der Waals surface area contributed by atoms with Gasteiger partial charge < -0.3 is 39.6 Å². The van der Waals surface area contributed by atoms with Gasteiger partial charge in [0.1, 0.15) is 0 Å². The van der Waals surface area contributed by atoms with Crippen LogP contribution in [0.15, 0.2) is 0 Å². The average molecular weight is 358 g/mol. The zero-order chi connectivity index (χ0) is 16.6. The topological polar surface area (TPSA) is 167 Å². The molecule has 1 unspecified atom stereocenters. The molecule has 0 aromatic carbocycles. The quantitative estimate of drug-likeness (QED) is 0.324. The van der Waals surface area contributed by atoms with E-state index in [1.54, 1.807) is 0 Å². The van der Waals surface area contributed by atoms with E-state index in [0.717, 1.165) is 9.80 Å². The van der Waals surface area contributed by atoms with Crippen molar-refractivity contribution in [3.63, 3.8) is 0 Å². The van der Waals surface area contributed by atoms with Crippen LogP contribution in [0, 0.1) is 0 Å². The molecular formula is C11H14FeN2O8. The molecule has 0 saturated carbocycles. The summed E-state index contributed by atoms with van der Waals surface area (Å²) in [5, 5.41) is 42.1. The van der Waals surface area contributed by atoms with Crippen molar-refractivity contribution in [2.45, 2.75) is 13.0 Å². The van der Waals surface area contributed by atoms with Crippen molar-refractivity contribution in [3.05, 3.63) is 0 Å². The van der Waals surface area contributed by atoms with E-state index in [0.29, 0.717) is 0 Å². The van der Waals surface area contributed by atoms with Crippen LogP contribution in [0.4, 0.5) is 0 Å². The van der Waals surface area contributed by atoms with E-state index in [2.05, 4.69) is 0 Å². The van der Waals surface area contributed by atoms with E-state index in [1.807, 2.05) is 0 Å². The largest absolute Gasteiger partial charge is 4.00 e. The van der Waals surface area contributed by atoms with E-state index in [4.69, 9.17) is 0 Å². The summed E-state index contributed by atoms with van der Waals surface area (Å²) in [4.78, 5) is 44.0. The van der Waals surface area contributed by atoms with Gasteiger partial charge in [-0.1, -0.05) is 0 Å². The fourth-order valence-electron chi connectivity index (χ4n) is 1.74. The Hall–Kier alpha value is -1.68. The molecule has 0 aromatic rings. The molecule has 0 radical (unpaired) electrons. The second-order valence-corrected chi connectivity index (χ2v) is 4.41. The third-order valence-electron chi connectivity index (χ3n) is 2.52. The molecule has 0 fully saturated rings. The first kappa shape index (κ1) is 22.6. The molecule has 22 heavy (non-hydrogen) atoms. The standard InChI is InChI=1S/C11H18N2O8.Fe/c1-7(13(5-10(18)19)6-11(20)21)2-12(3-8(14)15)4-9(16)17;/h7H,2-6H2,1H3,(H,14,15)(H,16,17)(H,18,19)(H,20,21);/q;+4/p-4. The first-order chi connectivity index (χ1) is 9.61. The molecule has 1 atom stereocenters. The third-order valence-corrected chi connectivity index (χ3v) is 2.52. The Labute approximate surface area is 136 Å². The minimum absolute atomic E-state index is 0. The van der Waals surface area contributed by atoms with Crippen LogP contribution >= 0.6 is 0 Å². The summed E-state index contributed by atoms with van der Waals surface area (Å²) in [5.41, 5.74) is 0. The van der Waals surface area contributed by atoms with Crippen molar-refractivity contribution in [1.29, 1.82) is 0 Å². The predicted octanol–water partition coefficient (Wildman–Crippen LogP) is -7.02. The van der Waals surface area contributed by atoms with Gasteiger partial charge in [-0.3, -0.25) is 9.80 Å². The van der Waals surface area contributed by atoms with Gasteiger partial charge in [0, 0.05) is 38.8 Å². The second-order valence-electron chi connectivity index (χ2n) is 4.41. The number of carbonyl (C=O) groups is 4. The van der Waals surface area contributed by atoms with E-state index < -0.39 is 56.1 Å². The van der Waals surface area contributed by atoms with Crippen LogP contribution < -0.4 is 20.4 Å². The molecule has 0 bridgehead atoms. The van der Waals surface area contributed by atoms with Gasteiger partial charge in [0.05, 0.1) is 23.9 Å². The molecule has 0 rings (SSSR count). The summed E-state index contributed by atoms with van der Waals surface area (Å²) in [7, 11) is 0. The van der Waals surface area contributed by atoms with Gasteiger partial charge in [0.25, 0.3) is 0 Å². The zero-order valence-electron chi connectivity index (χ0n) is 11.6. The summed E-state index contributed by atoms with van der Waals surface area (Å²) in [6.07, 6.45) is 0. The van der Waals surface area contributed by atoms with Crippen LogP contribution in [0.25, 0.3) is 0 Å². The number of nitrogens with zero attached hydrogens (tertiary/aromatic N) is 2. The van der Waals surface area contributed by atoms with Crippen LogP contribution in [0.1, 0.15) is 6.92 Å². The van der Waals surface area contributed by atoms with Crippen molar-refractivity contribution in [3.8, 4) is 0 Å². The van der Waals surface area contributed by atoms with Gasteiger partial charge in [-0.05, 0) is 6.92 Å². The maximum absolute atomic E-state index is 10.5. The number of rotatable bonds is 11. The molecule has 0 aliphatic heterocycles. The minimum atomic E-state index is -1.53. The van der Waals surface area contributed by atoms with Gasteiger partial charge in [-0.2, -0.15) is 0 Å². The van der Waals surface area contributed by atoms with Gasteiger partial charge in [0.15, 0.2) is 0 Å². The van der Waals surface area contributed by atoms with E-state index in [9.17, 15) is 39.6 Å². The summed E-state index contributed by atoms with van der Waals surface area (Å²) in [6.45, 7) is -1.70. The maximum atomic E-state index is 10.5. The Morgan fingerprint density at radius 1 is 0.773 bits per heavy atom. The van der Waals surface area contributed by atoms with Crippen LogP contribution in [-0.4, -0.2) is 72.4 Å². The predicted molar refractivity (Wildman–Crippen MR) is 57.5 cm³/mol. The Balaban J connectivity index is 0. The molecule has 0 spiro atoms. The Morgan fingerprint density at radius 3 is 1.36 bits per heavy atom. The molecule has 0 amide bonds. The molecule has 0 heterocycles. The maximum Gasteiger partial charge on any atom is 4.00 e. The summed E-state index contributed by atoms with van der Waals surface area (Å²) in [5.74, 6) is -6.13.